The van der Waals surface area contributed by atoms with Gasteiger partial charge in [0.1, 0.15) is 0 Å². The minimum absolute atomic E-state index is 0.130. The molecule has 2 heterocycles. The van der Waals surface area contributed by atoms with Gasteiger partial charge in [-0.05, 0) is 63.6 Å². The zero-order valence-corrected chi connectivity index (χ0v) is 14.7. The van der Waals surface area contributed by atoms with E-state index in [0.717, 1.165) is 55.1 Å². The van der Waals surface area contributed by atoms with Crippen molar-refractivity contribution in [2.24, 2.45) is 0 Å². The van der Waals surface area contributed by atoms with Gasteiger partial charge in [0.25, 0.3) is 5.91 Å². The molecule has 5 nitrogen and oxygen atoms in total. The van der Waals surface area contributed by atoms with Crippen molar-refractivity contribution in [2.45, 2.75) is 39.7 Å². The molecule has 0 spiro atoms. The molecule has 1 amide bonds. The lowest BCUT2D eigenvalue weighted by atomic mass is 10.1. The van der Waals surface area contributed by atoms with Crippen molar-refractivity contribution in [3.05, 3.63) is 47.3 Å². The van der Waals surface area contributed by atoms with Crippen LogP contribution >= 0.6 is 0 Å². The van der Waals surface area contributed by atoms with Crippen molar-refractivity contribution in [1.82, 2.24) is 20.0 Å². The van der Waals surface area contributed by atoms with E-state index in [9.17, 15) is 4.79 Å². The Kier molecular flexibility index (Phi) is 5.00. The van der Waals surface area contributed by atoms with Gasteiger partial charge < -0.3 is 10.2 Å². The topological polar surface area (TPSA) is 50.2 Å². The second-order valence-corrected chi connectivity index (χ2v) is 6.53. The van der Waals surface area contributed by atoms with Crippen LogP contribution < -0.4 is 5.32 Å². The lowest BCUT2D eigenvalue weighted by Gasteiger charge is -2.28. The van der Waals surface area contributed by atoms with Crippen molar-refractivity contribution in [3.63, 3.8) is 0 Å². The summed E-state index contributed by atoms with van der Waals surface area (Å²) in [6.07, 6.45) is 2.02. The van der Waals surface area contributed by atoms with Crippen molar-refractivity contribution in [2.75, 3.05) is 19.6 Å². The molecule has 1 N–H and O–H groups in total. The fraction of sp³-hybridized carbons (Fsp3) is 0.474. The lowest BCUT2D eigenvalue weighted by Crippen LogP contribution is -2.42. The van der Waals surface area contributed by atoms with Gasteiger partial charge in [0.2, 0.25) is 0 Å². The van der Waals surface area contributed by atoms with Gasteiger partial charge in [0, 0.05) is 30.4 Å². The number of hydrogen-bond acceptors (Lipinski definition) is 3. The minimum Gasteiger partial charge on any atom is -0.334 e. The van der Waals surface area contributed by atoms with Crippen LogP contribution in [-0.4, -0.2) is 46.3 Å². The first-order valence-electron chi connectivity index (χ1n) is 8.75. The Morgan fingerprint density at radius 1 is 1.33 bits per heavy atom. The van der Waals surface area contributed by atoms with Crippen LogP contribution in [0.5, 0.6) is 0 Å². The van der Waals surface area contributed by atoms with Gasteiger partial charge in [0.15, 0.2) is 0 Å². The van der Waals surface area contributed by atoms with Crippen LogP contribution in [0.15, 0.2) is 30.3 Å². The molecule has 2 aromatic rings. The van der Waals surface area contributed by atoms with Crippen LogP contribution in [0, 0.1) is 13.8 Å². The van der Waals surface area contributed by atoms with Gasteiger partial charge in [-0.25, -0.2) is 4.68 Å². The van der Waals surface area contributed by atoms with Gasteiger partial charge in [-0.2, -0.15) is 5.10 Å². The van der Waals surface area contributed by atoms with Crippen LogP contribution in [-0.2, 0) is 0 Å². The van der Waals surface area contributed by atoms with Crippen molar-refractivity contribution >= 4 is 5.91 Å². The smallest absolute Gasteiger partial charge is 0.254 e. The number of aryl methyl sites for hydroxylation is 2. The highest BCUT2D eigenvalue weighted by atomic mass is 16.2. The molecule has 0 saturated carbocycles. The first kappa shape index (κ1) is 16.7. The highest BCUT2D eigenvalue weighted by Gasteiger charge is 2.26. The predicted molar refractivity (Wildman–Crippen MR) is 95.6 cm³/mol. The van der Waals surface area contributed by atoms with Crippen LogP contribution in [0.1, 0.15) is 41.5 Å². The molecule has 24 heavy (non-hydrogen) atoms. The van der Waals surface area contributed by atoms with E-state index in [2.05, 4.69) is 23.4 Å². The van der Waals surface area contributed by atoms with Crippen molar-refractivity contribution in [3.8, 4) is 5.69 Å². The first-order valence-corrected chi connectivity index (χ1v) is 8.75. The zero-order chi connectivity index (χ0) is 17.1. The summed E-state index contributed by atoms with van der Waals surface area (Å²) in [7, 11) is 0. The predicted octanol–water partition coefficient (Wildman–Crippen LogP) is 2.70. The molecule has 1 unspecified atom stereocenters. The summed E-state index contributed by atoms with van der Waals surface area (Å²) in [5.41, 5.74) is 3.83. The van der Waals surface area contributed by atoms with Crippen molar-refractivity contribution < 1.29 is 4.79 Å². The van der Waals surface area contributed by atoms with Crippen molar-refractivity contribution in [1.29, 1.82) is 0 Å². The van der Waals surface area contributed by atoms with Gasteiger partial charge in [-0.15, -0.1) is 0 Å². The molecule has 1 aromatic heterocycles. The lowest BCUT2D eigenvalue weighted by molar-refractivity contribution is 0.0692. The molecule has 0 aliphatic carbocycles. The van der Waals surface area contributed by atoms with Gasteiger partial charge in [0.05, 0.1) is 11.4 Å². The molecule has 1 fully saturated rings. The van der Waals surface area contributed by atoms with E-state index in [0.29, 0.717) is 6.04 Å². The summed E-state index contributed by atoms with van der Waals surface area (Å²) in [6, 6.07) is 10.1. The second kappa shape index (κ2) is 7.18. The monoisotopic (exact) mass is 326 g/mol. The molecule has 1 aliphatic heterocycles. The average Bonchev–Trinajstić information content (AvgIpc) is 3.22. The van der Waals surface area contributed by atoms with E-state index in [4.69, 9.17) is 0 Å². The normalized spacial score (nSPS) is 17.2. The maximum atomic E-state index is 12.9. The Morgan fingerprint density at radius 3 is 2.62 bits per heavy atom. The fourth-order valence-electron chi connectivity index (χ4n) is 3.40. The number of hydrogen-bond donors (Lipinski definition) is 1. The average molecular weight is 326 g/mol. The molecular formula is C19H26N4O. The zero-order valence-electron chi connectivity index (χ0n) is 14.7. The Labute approximate surface area is 143 Å². The summed E-state index contributed by atoms with van der Waals surface area (Å²) in [5, 5.41) is 7.85. The molecule has 5 heteroatoms. The standard InChI is InChI=1S/C19H26N4O/c1-4-11-22(18-9-10-20-13-18)19(24)16-5-7-17(8-6-16)23-15(3)12-14(2)21-23/h5-8,12,18,20H,4,9-11,13H2,1-3H3. The summed E-state index contributed by atoms with van der Waals surface area (Å²) in [5.74, 6) is 0.130. The minimum atomic E-state index is 0.130. The Balaban J connectivity index is 1.81. The van der Waals surface area contributed by atoms with Gasteiger partial charge in [-0.3, -0.25) is 4.79 Å². The van der Waals surface area contributed by atoms with Gasteiger partial charge in [-0.1, -0.05) is 6.92 Å². The Bertz CT molecular complexity index is 699. The van der Waals surface area contributed by atoms with E-state index in [-0.39, 0.29) is 5.91 Å². The molecule has 1 atom stereocenters. The first-order chi connectivity index (χ1) is 11.6. The third-order valence-electron chi connectivity index (χ3n) is 4.57. The van der Waals surface area contributed by atoms with E-state index in [1.165, 1.54) is 0 Å². The third kappa shape index (κ3) is 3.36. The fourth-order valence-corrected chi connectivity index (χ4v) is 3.40. The quantitative estimate of drug-likeness (QED) is 0.919. The Hall–Kier alpha value is -2.14. The van der Waals surface area contributed by atoms with Crippen LogP contribution in [0.2, 0.25) is 0 Å². The second-order valence-electron chi connectivity index (χ2n) is 6.53. The molecule has 0 bridgehead atoms. The molecule has 1 aliphatic rings. The van der Waals surface area contributed by atoms with Crippen LogP contribution in [0.4, 0.5) is 0 Å². The molecule has 0 radical (unpaired) electrons. The van der Waals surface area contributed by atoms with E-state index < -0.39 is 0 Å². The van der Waals surface area contributed by atoms with E-state index in [1.807, 2.05) is 47.7 Å². The number of carbonyl (C=O) groups is 1. The SMILES string of the molecule is CCCN(C(=O)c1ccc(-n2nc(C)cc2C)cc1)C1CCNC1. The number of nitrogens with zero attached hydrogens (tertiary/aromatic N) is 3. The highest BCUT2D eigenvalue weighted by Crippen LogP contribution is 2.17. The largest absolute Gasteiger partial charge is 0.334 e. The maximum absolute atomic E-state index is 12.9. The van der Waals surface area contributed by atoms with Crippen LogP contribution in [0.3, 0.4) is 0 Å². The number of aromatic nitrogens is 2. The number of carbonyl (C=O) groups excluding carboxylic acids is 1. The number of rotatable bonds is 5. The van der Waals surface area contributed by atoms with Crippen LogP contribution in [0.25, 0.3) is 5.69 Å². The van der Waals surface area contributed by atoms with E-state index in [1.54, 1.807) is 0 Å². The number of benzene rings is 1. The number of nitrogens with one attached hydrogen (secondary N) is 1. The van der Waals surface area contributed by atoms with E-state index >= 15 is 0 Å². The maximum Gasteiger partial charge on any atom is 0.254 e. The third-order valence-corrected chi connectivity index (χ3v) is 4.57. The summed E-state index contributed by atoms with van der Waals surface area (Å²) >= 11 is 0. The Morgan fingerprint density at radius 2 is 2.08 bits per heavy atom. The summed E-state index contributed by atoms with van der Waals surface area (Å²) < 4.78 is 1.91. The molecular weight excluding hydrogens is 300 g/mol. The highest BCUT2D eigenvalue weighted by molar-refractivity contribution is 5.94. The van der Waals surface area contributed by atoms with Gasteiger partial charge >= 0.3 is 0 Å². The molecule has 1 aromatic carbocycles. The summed E-state index contributed by atoms with van der Waals surface area (Å²) in [6.45, 7) is 8.85. The molecule has 3 rings (SSSR count). The molecule has 128 valence electrons. The summed E-state index contributed by atoms with van der Waals surface area (Å²) in [4.78, 5) is 14.9. The molecule has 1 saturated heterocycles. The number of amides is 1.